The van der Waals surface area contributed by atoms with Crippen LogP contribution in [0.4, 0.5) is 0 Å². The van der Waals surface area contributed by atoms with Crippen molar-refractivity contribution in [2.45, 2.75) is 26.0 Å². The third kappa shape index (κ3) is 5.90. The summed E-state index contributed by atoms with van der Waals surface area (Å²) in [4.78, 5) is 9.30. The number of aromatic nitrogens is 1. The van der Waals surface area contributed by atoms with Crippen LogP contribution >= 0.6 is 11.3 Å². The van der Waals surface area contributed by atoms with Crippen molar-refractivity contribution in [3.8, 4) is 11.3 Å². The van der Waals surface area contributed by atoms with Crippen LogP contribution in [-0.4, -0.2) is 29.1 Å². The van der Waals surface area contributed by atoms with Gasteiger partial charge >= 0.3 is 0 Å². The SMILES string of the molecule is CCNC(=NCc1nc(-c2ccccc2)cs1)NCCC(O)c1ccccc1. The van der Waals surface area contributed by atoms with E-state index < -0.39 is 6.10 Å². The molecule has 0 fully saturated rings. The van der Waals surface area contributed by atoms with Gasteiger partial charge in [0.05, 0.1) is 18.3 Å². The minimum Gasteiger partial charge on any atom is -0.388 e. The molecule has 2 aromatic carbocycles. The standard InChI is InChI=1S/C22H26N4OS/c1-2-23-22(24-14-13-20(27)18-11-7-4-8-12-18)25-15-21-26-19(16-28-21)17-9-5-3-6-10-17/h3-12,16,20,27H,2,13-15H2,1H3,(H2,23,24,25). The monoisotopic (exact) mass is 394 g/mol. The maximum absolute atomic E-state index is 10.3. The second-order valence-electron chi connectivity index (χ2n) is 6.33. The summed E-state index contributed by atoms with van der Waals surface area (Å²) < 4.78 is 0. The lowest BCUT2D eigenvalue weighted by Gasteiger charge is -2.14. The highest BCUT2D eigenvalue weighted by Crippen LogP contribution is 2.21. The average molecular weight is 395 g/mol. The highest BCUT2D eigenvalue weighted by atomic mass is 32.1. The Morgan fingerprint density at radius 1 is 1.07 bits per heavy atom. The van der Waals surface area contributed by atoms with E-state index in [-0.39, 0.29) is 0 Å². The molecule has 146 valence electrons. The van der Waals surface area contributed by atoms with Crippen molar-refractivity contribution in [3.05, 3.63) is 76.6 Å². The number of nitrogens with one attached hydrogen (secondary N) is 2. The Kier molecular flexibility index (Phi) is 7.58. The first-order chi connectivity index (χ1) is 13.8. The van der Waals surface area contributed by atoms with Gasteiger partial charge in [-0.05, 0) is 18.9 Å². The molecule has 3 N–H and O–H groups in total. The normalized spacial score (nSPS) is 12.6. The highest BCUT2D eigenvalue weighted by molar-refractivity contribution is 7.09. The predicted octanol–water partition coefficient (Wildman–Crippen LogP) is 3.99. The van der Waals surface area contributed by atoms with E-state index in [4.69, 9.17) is 0 Å². The maximum atomic E-state index is 10.3. The lowest BCUT2D eigenvalue weighted by molar-refractivity contribution is 0.168. The molecule has 1 aromatic heterocycles. The summed E-state index contributed by atoms with van der Waals surface area (Å²) in [6.45, 7) is 3.97. The summed E-state index contributed by atoms with van der Waals surface area (Å²) in [5.74, 6) is 0.735. The molecule has 1 unspecified atom stereocenters. The minimum absolute atomic E-state index is 0.482. The minimum atomic E-state index is -0.482. The van der Waals surface area contributed by atoms with E-state index in [1.54, 1.807) is 11.3 Å². The fourth-order valence-corrected chi connectivity index (χ4v) is 3.51. The van der Waals surface area contributed by atoms with E-state index in [0.29, 0.717) is 19.5 Å². The molecule has 28 heavy (non-hydrogen) atoms. The molecule has 0 saturated heterocycles. The summed E-state index contributed by atoms with van der Waals surface area (Å²) in [5.41, 5.74) is 3.04. The fraction of sp³-hybridized carbons (Fsp3) is 0.273. The number of benzene rings is 2. The maximum Gasteiger partial charge on any atom is 0.191 e. The van der Waals surface area contributed by atoms with Crippen LogP contribution in [0.1, 0.15) is 30.0 Å². The van der Waals surface area contributed by atoms with Crippen LogP contribution in [0.5, 0.6) is 0 Å². The zero-order valence-electron chi connectivity index (χ0n) is 16.0. The molecular formula is C22H26N4OS. The van der Waals surface area contributed by atoms with Gasteiger partial charge in [0.1, 0.15) is 5.01 Å². The molecule has 1 atom stereocenters. The number of aliphatic hydroxyl groups excluding tert-OH is 1. The van der Waals surface area contributed by atoms with E-state index >= 15 is 0 Å². The molecule has 0 aliphatic heterocycles. The van der Waals surface area contributed by atoms with Gasteiger partial charge in [-0.3, -0.25) is 0 Å². The Bertz CT molecular complexity index is 865. The average Bonchev–Trinajstić information content (AvgIpc) is 3.22. The Morgan fingerprint density at radius 3 is 2.50 bits per heavy atom. The molecular weight excluding hydrogens is 368 g/mol. The summed E-state index contributed by atoms with van der Waals surface area (Å²) in [7, 11) is 0. The Balaban J connectivity index is 1.53. The first-order valence-corrected chi connectivity index (χ1v) is 10.4. The van der Waals surface area contributed by atoms with Crippen LogP contribution in [0, 0.1) is 0 Å². The Hall–Kier alpha value is -2.70. The molecule has 0 aliphatic carbocycles. The van der Waals surface area contributed by atoms with Crippen molar-refractivity contribution in [2.24, 2.45) is 4.99 Å². The van der Waals surface area contributed by atoms with Crippen molar-refractivity contribution in [1.82, 2.24) is 15.6 Å². The number of hydrogen-bond donors (Lipinski definition) is 3. The molecule has 6 heteroatoms. The van der Waals surface area contributed by atoms with Gasteiger partial charge in [0.15, 0.2) is 5.96 Å². The summed E-state index contributed by atoms with van der Waals surface area (Å²) in [5, 5.41) is 19.8. The van der Waals surface area contributed by atoms with Gasteiger partial charge in [0.2, 0.25) is 0 Å². The molecule has 3 aromatic rings. The largest absolute Gasteiger partial charge is 0.388 e. The Morgan fingerprint density at radius 2 is 1.79 bits per heavy atom. The lowest BCUT2D eigenvalue weighted by atomic mass is 10.1. The van der Waals surface area contributed by atoms with Crippen LogP contribution in [0.2, 0.25) is 0 Å². The van der Waals surface area contributed by atoms with Gasteiger partial charge in [-0.1, -0.05) is 60.7 Å². The number of nitrogens with zero attached hydrogens (tertiary/aromatic N) is 2. The third-order valence-electron chi connectivity index (χ3n) is 4.23. The van der Waals surface area contributed by atoms with Crippen molar-refractivity contribution in [2.75, 3.05) is 13.1 Å². The highest BCUT2D eigenvalue weighted by Gasteiger charge is 2.08. The second-order valence-corrected chi connectivity index (χ2v) is 7.27. The first kappa shape index (κ1) is 20.0. The zero-order valence-corrected chi connectivity index (χ0v) is 16.8. The molecule has 0 radical (unpaired) electrons. The number of thiazole rings is 1. The van der Waals surface area contributed by atoms with Crippen LogP contribution in [0.3, 0.4) is 0 Å². The van der Waals surface area contributed by atoms with Gasteiger partial charge in [0, 0.05) is 24.0 Å². The first-order valence-electron chi connectivity index (χ1n) is 9.51. The van der Waals surface area contributed by atoms with Crippen LogP contribution < -0.4 is 10.6 Å². The van der Waals surface area contributed by atoms with Crippen molar-refractivity contribution >= 4 is 17.3 Å². The second kappa shape index (κ2) is 10.6. The van der Waals surface area contributed by atoms with E-state index in [1.807, 2.05) is 55.5 Å². The molecule has 0 amide bonds. The zero-order chi connectivity index (χ0) is 19.6. The quantitative estimate of drug-likeness (QED) is 0.399. The number of rotatable bonds is 8. The van der Waals surface area contributed by atoms with Gasteiger partial charge < -0.3 is 15.7 Å². The summed E-state index contributed by atoms with van der Waals surface area (Å²) in [6, 6.07) is 19.9. The van der Waals surface area contributed by atoms with Crippen LogP contribution in [0.15, 0.2) is 71.0 Å². The van der Waals surface area contributed by atoms with E-state index in [9.17, 15) is 5.11 Å². The van der Waals surface area contributed by atoms with Crippen molar-refractivity contribution < 1.29 is 5.11 Å². The third-order valence-corrected chi connectivity index (χ3v) is 5.07. The van der Waals surface area contributed by atoms with Crippen molar-refractivity contribution in [3.63, 3.8) is 0 Å². The van der Waals surface area contributed by atoms with Gasteiger partial charge in [0.25, 0.3) is 0 Å². The molecule has 1 heterocycles. The smallest absolute Gasteiger partial charge is 0.191 e. The van der Waals surface area contributed by atoms with Gasteiger partial charge in [-0.2, -0.15) is 0 Å². The number of guanidine groups is 1. The Labute approximate surface area is 170 Å². The number of hydrogen-bond acceptors (Lipinski definition) is 4. The predicted molar refractivity (Wildman–Crippen MR) is 116 cm³/mol. The molecule has 5 nitrogen and oxygen atoms in total. The van der Waals surface area contributed by atoms with Gasteiger partial charge in [-0.25, -0.2) is 9.98 Å². The lowest BCUT2D eigenvalue weighted by Crippen LogP contribution is -2.38. The summed E-state index contributed by atoms with van der Waals surface area (Å²) in [6.07, 6.45) is 0.132. The molecule has 0 bridgehead atoms. The van der Waals surface area contributed by atoms with Crippen LogP contribution in [0.25, 0.3) is 11.3 Å². The van der Waals surface area contributed by atoms with E-state index in [2.05, 4.69) is 38.1 Å². The van der Waals surface area contributed by atoms with Crippen LogP contribution in [-0.2, 0) is 6.54 Å². The molecule has 0 aliphatic rings. The number of aliphatic imine (C=N–C) groups is 1. The van der Waals surface area contributed by atoms with Gasteiger partial charge in [-0.15, -0.1) is 11.3 Å². The van der Waals surface area contributed by atoms with Crippen molar-refractivity contribution in [1.29, 1.82) is 0 Å². The summed E-state index contributed by atoms with van der Waals surface area (Å²) >= 11 is 1.62. The number of aliphatic hydroxyl groups is 1. The fourth-order valence-electron chi connectivity index (χ4n) is 2.78. The molecule has 0 saturated carbocycles. The van der Waals surface area contributed by atoms with E-state index in [0.717, 1.165) is 34.3 Å². The molecule has 0 spiro atoms. The topological polar surface area (TPSA) is 69.5 Å². The molecule has 3 rings (SSSR count). The van der Waals surface area contributed by atoms with E-state index in [1.165, 1.54) is 0 Å².